The molecule has 1 amide bonds. The van der Waals surface area contributed by atoms with Crippen molar-refractivity contribution in [2.75, 3.05) is 24.2 Å². The summed E-state index contributed by atoms with van der Waals surface area (Å²) in [5, 5.41) is 6.65. The number of rotatable bonds is 7. The second-order valence-corrected chi connectivity index (χ2v) is 12.5. The summed E-state index contributed by atoms with van der Waals surface area (Å²) < 4.78 is 27.2. The molecule has 1 aliphatic rings. The van der Waals surface area contributed by atoms with Crippen LogP contribution in [0.2, 0.25) is 0 Å². The van der Waals surface area contributed by atoms with Crippen LogP contribution in [0.3, 0.4) is 0 Å². The second-order valence-electron chi connectivity index (χ2n) is 8.70. The molecule has 3 heterocycles. The average Bonchev–Trinajstić information content (AvgIpc) is 3.34. The highest BCUT2D eigenvalue weighted by Crippen LogP contribution is 2.38. The largest absolute Gasteiger partial charge is 0.325 e. The van der Waals surface area contributed by atoms with Crippen LogP contribution in [0, 0.1) is 6.92 Å². The Bertz CT molecular complexity index is 1480. The van der Waals surface area contributed by atoms with Gasteiger partial charge in [0.05, 0.1) is 16.0 Å². The summed E-state index contributed by atoms with van der Waals surface area (Å²) in [4.78, 5) is 22.7. The number of sulfonamides is 1. The number of carbonyl (C=O) groups excluding carboxylic acids is 1. The molecule has 1 fully saturated rings. The zero-order valence-corrected chi connectivity index (χ0v) is 22.3. The van der Waals surface area contributed by atoms with Gasteiger partial charge in [-0.1, -0.05) is 48.0 Å². The van der Waals surface area contributed by atoms with Crippen molar-refractivity contribution >= 4 is 54.9 Å². The molecule has 36 heavy (non-hydrogen) atoms. The molecule has 2 aromatic heterocycles. The van der Waals surface area contributed by atoms with E-state index in [1.54, 1.807) is 39.9 Å². The summed E-state index contributed by atoms with van der Waals surface area (Å²) in [7, 11) is -3.49. The Morgan fingerprint density at radius 3 is 2.47 bits per heavy atom. The van der Waals surface area contributed by atoms with E-state index in [0.29, 0.717) is 18.8 Å². The fourth-order valence-corrected chi connectivity index (χ4v) is 7.51. The molecule has 4 aromatic rings. The SMILES string of the molecule is Cc1ccc(-c2csc3ncnc(SCC(=O)Nc4ccc(S(=O)(=O)N5CCCCC5)cc4)c23)cc1. The molecule has 0 unspecified atom stereocenters. The van der Waals surface area contributed by atoms with Gasteiger partial charge in [-0.15, -0.1) is 11.3 Å². The molecule has 0 bridgehead atoms. The Morgan fingerprint density at radius 2 is 1.75 bits per heavy atom. The van der Waals surface area contributed by atoms with Gasteiger partial charge in [0.25, 0.3) is 0 Å². The lowest BCUT2D eigenvalue weighted by molar-refractivity contribution is -0.113. The molecular formula is C26H26N4O3S3. The number of benzene rings is 2. The van der Waals surface area contributed by atoms with Gasteiger partial charge in [0.2, 0.25) is 15.9 Å². The lowest BCUT2D eigenvalue weighted by Gasteiger charge is -2.25. The van der Waals surface area contributed by atoms with Crippen LogP contribution in [0.25, 0.3) is 21.3 Å². The monoisotopic (exact) mass is 538 g/mol. The molecule has 1 saturated heterocycles. The van der Waals surface area contributed by atoms with Crippen LogP contribution in [-0.2, 0) is 14.8 Å². The number of nitrogens with zero attached hydrogens (tertiary/aromatic N) is 3. The Labute approximate surface area is 219 Å². The van der Waals surface area contributed by atoms with E-state index in [4.69, 9.17) is 0 Å². The first kappa shape index (κ1) is 24.9. The minimum absolute atomic E-state index is 0.170. The van der Waals surface area contributed by atoms with E-state index in [-0.39, 0.29) is 16.6 Å². The molecule has 186 valence electrons. The maximum atomic E-state index is 12.8. The predicted molar refractivity (Wildman–Crippen MR) is 146 cm³/mol. The maximum Gasteiger partial charge on any atom is 0.243 e. The van der Waals surface area contributed by atoms with Gasteiger partial charge < -0.3 is 5.32 Å². The lowest BCUT2D eigenvalue weighted by atomic mass is 10.1. The van der Waals surface area contributed by atoms with Crippen molar-refractivity contribution in [3.63, 3.8) is 0 Å². The van der Waals surface area contributed by atoms with Crippen molar-refractivity contribution in [3.05, 3.63) is 65.8 Å². The number of carbonyl (C=O) groups is 1. The zero-order chi connectivity index (χ0) is 25.1. The highest BCUT2D eigenvalue weighted by molar-refractivity contribution is 8.00. The van der Waals surface area contributed by atoms with E-state index in [1.807, 2.05) is 0 Å². The molecule has 0 radical (unpaired) electrons. The van der Waals surface area contributed by atoms with Gasteiger partial charge in [0.15, 0.2) is 0 Å². The van der Waals surface area contributed by atoms with Crippen molar-refractivity contribution in [2.24, 2.45) is 0 Å². The summed E-state index contributed by atoms with van der Waals surface area (Å²) in [6.07, 6.45) is 4.37. The lowest BCUT2D eigenvalue weighted by Crippen LogP contribution is -2.35. The molecular weight excluding hydrogens is 513 g/mol. The Balaban J connectivity index is 1.26. The number of aryl methyl sites for hydroxylation is 1. The van der Waals surface area contributed by atoms with Gasteiger partial charge in [-0.3, -0.25) is 4.79 Å². The average molecular weight is 539 g/mol. The minimum atomic E-state index is -3.49. The molecule has 10 heteroatoms. The first-order valence-corrected chi connectivity index (χ1v) is 15.0. The van der Waals surface area contributed by atoms with Gasteiger partial charge in [-0.25, -0.2) is 18.4 Å². The second kappa shape index (κ2) is 10.7. The Hall–Kier alpha value is -2.79. The van der Waals surface area contributed by atoms with E-state index in [0.717, 1.165) is 45.6 Å². The van der Waals surface area contributed by atoms with Gasteiger partial charge in [-0.2, -0.15) is 4.31 Å². The molecule has 2 aromatic carbocycles. The van der Waals surface area contributed by atoms with Gasteiger partial charge in [0, 0.05) is 29.7 Å². The number of hydrogen-bond acceptors (Lipinski definition) is 7. The fraction of sp³-hybridized carbons (Fsp3) is 0.269. The van der Waals surface area contributed by atoms with Crippen molar-refractivity contribution in [2.45, 2.75) is 36.1 Å². The van der Waals surface area contributed by atoms with E-state index in [1.165, 1.54) is 23.7 Å². The van der Waals surface area contributed by atoms with Crippen LogP contribution in [0.15, 0.2) is 70.2 Å². The molecule has 0 aliphatic carbocycles. The normalized spacial score (nSPS) is 14.7. The summed E-state index contributed by atoms with van der Waals surface area (Å²) in [6.45, 7) is 3.17. The van der Waals surface area contributed by atoms with Gasteiger partial charge >= 0.3 is 0 Å². The first-order valence-electron chi connectivity index (χ1n) is 11.7. The van der Waals surface area contributed by atoms with Crippen LogP contribution < -0.4 is 5.32 Å². The van der Waals surface area contributed by atoms with Crippen molar-refractivity contribution in [1.82, 2.24) is 14.3 Å². The number of thiophene rings is 1. The summed E-state index contributed by atoms with van der Waals surface area (Å²) in [6, 6.07) is 14.7. The van der Waals surface area contributed by atoms with Crippen molar-refractivity contribution < 1.29 is 13.2 Å². The predicted octanol–water partition coefficient (Wildman–Crippen LogP) is 5.57. The third-order valence-electron chi connectivity index (χ3n) is 6.13. The van der Waals surface area contributed by atoms with E-state index < -0.39 is 10.0 Å². The molecule has 0 atom stereocenters. The molecule has 1 aliphatic heterocycles. The van der Waals surface area contributed by atoms with Crippen LogP contribution in [0.4, 0.5) is 5.69 Å². The Morgan fingerprint density at radius 1 is 1.03 bits per heavy atom. The van der Waals surface area contributed by atoms with Crippen molar-refractivity contribution in [3.8, 4) is 11.1 Å². The zero-order valence-electron chi connectivity index (χ0n) is 19.8. The first-order chi connectivity index (χ1) is 17.4. The van der Waals surface area contributed by atoms with E-state index in [9.17, 15) is 13.2 Å². The highest BCUT2D eigenvalue weighted by atomic mass is 32.2. The number of anilines is 1. The number of piperidine rings is 1. The van der Waals surface area contributed by atoms with Crippen LogP contribution in [0.5, 0.6) is 0 Å². The standard InChI is InChI=1S/C26H26N4O3S3/c1-18-5-7-19(8-6-18)22-15-34-25-24(22)26(28-17-27-25)35-16-23(31)29-20-9-11-21(12-10-20)36(32,33)30-13-3-2-4-14-30/h5-12,15,17H,2-4,13-14,16H2,1H3,(H,29,31). The summed E-state index contributed by atoms with van der Waals surface area (Å²) >= 11 is 2.92. The number of fused-ring (bicyclic) bond motifs is 1. The molecule has 0 saturated carbocycles. The number of amides is 1. The molecule has 5 rings (SSSR count). The van der Waals surface area contributed by atoms with E-state index in [2.05, 4.69) is 51.9 Å². The van der Waals surface area contributed by atoms with Crippen molar-refractivity contribution in [1.29, 1.82) is 0 Å². The quantitative estimate of drug-likeness (QED) is 0.244. The van der Waals surface area contributed by atoms with Gasteiger partial charge in [-0.05, 0) is 49.6 Å². The van der Waals surface area contributed by atoms with Crippen LogP contribution in [-0.4, -0.2) is 47.4 Å². The van der Waals surface area contributed by atoms with Crippen LogP contribution in [0.1, 0.15) is 24.8 Å². The fourth-order valence-electron chi connectivity index (χ4n) is 4.20. The van der Waals surface area contributed by atoms with Crippen LogP contribution >= 0.6 is 23.1 Å². The summed E-state index contributed by atoms with van der Waals surface area (Å²) in [5.41, 5.74) is 3.90. The Kier molecular flexibility index (Phi) is 7.38. The molecule has 7 nitrogen and oxygen atoms in total. The smallest absolute Gasteiger partial charge is 0.243 e. The number of thioether (sulfide) groups is 1. The number of hydrogen-bond donors (Lipinski definition) is 1. The highest BCUT2D eigenvalue weighted by Gasteiger charge is 2.25. The number of aromatic nitrogens is 2. The third-order valence-corrected chi connectivity index (χ3v) is 9.92. The molecule has 0 spiro atoms. The van der Waals surface area contributed by atoms with Gasteiger partial charge in [0.1, 0.15) is 16.2 Å². The number of nitrogens with one attached hydrogen (secondary N) is 1. The summed E-state index contributed by atoms with van der Waals surface area (Å²) in [5.74, 6) is -0.0196. The molecule has 1 N–H and O–H groups in total. The maximum absolute atomic E-state index is 12.8. The minimum Gasteiger partial charge on any atom is -0.325 e. The third kappa shape index (κ3) is 5.31. The topological polar surface area (TPSA) is 92.3 Å². The van der Waals surface area contributed by atoms with E-state index >= 15 is 0 Å².